The first-order valence-corrected chi connectivity index (χ1v) is 5.93. The van der Waals surface area contributed by atoms with Gasteiger partial charge in [-0.3, -0.25) is 19.3 Å². The number of carboxylic acids is 1. The van der Waals surface area contributed by atoms with Crippen LogP contribution in [0, 0.1) is 0 Å². The fourth-order valence-corrected chi connectivity index (χ4v) is 1.67. The van der Waals surface area contributed by atoms with Gasteiger partial charge in [0.15, 0.2) is 0 Å². The van der Waals surface area contributed by atoms with E-state index < -0.39 is 41.8 Å². The Hall–Kier alpha value is -2.13. The highest BCUT2D eigenvalue weighted by Gasteiger charge is 2.58. The van der Waals surface area contributed by atoms with Crippen LogP contribution in [0.2, 0.25) is 0 Å². The maximum absolute atomic E-state index is 12.7. The Morgan fingerprint density at radius 2 is 1.71 bits per heavy atom. The first-order valence-electron chi connectivity index (χ1n) is 5.93. The molecule has 1 heterocycles. The van der Waals surface area contributed by atoms with E-state index in [1.807, 2.05) is 0 Å². The van der Waals surface area contributed by atoms with Crippen molar-refractivity contribution in [2.24, 2.45) is 0 Å². The normalized spacial score (nSPS) is 18.6. The van der Waals surface area contributed by atoms with E-state index in [2.05, 4.69) is 0 Å². The number of likely N-dealkylation sites (tertiary alicyclic amines) is 1. The Morgan fingerprint density at radius 3 is 2.10 bits per heavy atom. The van der Waals surface area contributed by atoms with Gasteiger partial charge in [-0.2, -0.15) is 13.2 Å². The molecule has 10 heteroatoms. The smallest absolute Gasteiger partial charge is 0.422 e. The van der Waals surface area contributed by atoms with Crippen molar-refractivity contribution in [1.29, 1.82) is 0 Å². The van der Waals surface area contributed by atoms with E-state index in [4.69, 9.17) is 5.11 Å². The minimum Gasteiger partial charge on any atom is -0.479 e. The molecule has 0 radical (unpaired) electrons. The lowest BCUT2D eigenvalue weighted by atomic mass is 10.0. The van der Waals surface area contributed by atoms with Gasteiger partial charge in [-0.1, -0.05) is 0 Å². The van der Waals surface area contributed by atoms with Gasteiger partial charge in [0.2, 0.25) is 23.3 Å². The number of rotatable bonds is 5. The Labute approximate surface area is 117 Å². The van der Waals surface area contributed by atoms with Gasteiger partial charge < -0.3 is 10.4 Å². The highest BCUT2D eigenvalue weighted by molar-refractivity contribution is 6.02. The number of imide groups is 1. The summed E-state index contributed by atoms with van der Waals surface area (Å²) in [6.45, 7) is -0.0591. The van der Waals surface area contributed by atoms with E-state index in [9.17, 15) is 32.3 Å². The number of carboxylic acid groups (broad SMARTS) is 1. The fraction of sp³-hybridized carbons (Fsp3) is 0.636. The molecule has 0 aromatic rings. The zero-order valence-electron chi connectivity index (χ0n) is 11.0. The van der Waals surface area contributed by atoms with E-state index >= 15 is 0 Å². The lowest BCUT2D eigenvalue weighted by Crippen LogP contribution is -2.62. The highest BCUT2D eigenvalue weighted by atomic mass is 19.4. The molecule has 1 fully saturated rings. The molecular weight excluding hydrogens is 297 g/mol. The quantitative estimate of drug-likeness (QED) is 0.698. The van der Waals surface area contributed by atoms with Crippen LogP contribution >= 0.6 is 0 Å². The molecule has 1 aliphatic rings. The summed E-state index contributed by atoms with van der Waals surface area (Å²) < 4.78 is 38.0. The summed E-state index contributed by atoms with van der Waals surface area (Å²) in [7, 11) is 0. The molecule has 1 rings (SSSR count). The van der Waals surface area contributed by atoms with Crippen molar-refractivity contribution in [3.63, 3.8) is 0 Å². The number of hydrogen-bond donors (Lipinski definition) is 2. The van der Waals surface area contributed by atoms with Crippen LogP contribution in [0.25, 0.3) is 0 Å². The molecule has 21 heavy (non-hydrogen) atoms. The number of hydrogen-bond acceptors (Lipinski definition) is 4. The number of aliphatic carboxylic acids is 1. The molecule has 3 amide bonds. The molecule has 7 nitrogen and oxygen atoms in total. The first kappa shape index (κ1) is 16.9. The highest BCUT2D eigenvalue weighted by Crippen LogP contribution is 2.30. The van der Waals surface area contributed by atoms with Crippen LogP contribution in [0.3, 0.4) is 0 Å². The first-order chi connectivity index (χ1) is 9.49. The third-order valence-electron chi connectivity index (χ3n) is 3.10. The number of nitrogens with zero attached hydrogens (tertiary/aromatic N) is 1. The van der Waals surface area contributed by atoms with Crippen LogP contribution in [0.15, 0.2) is 0 Å². The predicted octanol–water partition coefficient (Wildman–Crippen LogP) is 0.0473. The van der Waals surface area contributed by atoms with Gasteiger partial charge in [0.05, 0.1) is 0 Å². The molecule has 0 aromatic heterocycles. The monoisotopic (exact) mass is 310 g/mol. The fourth-order valence-electron chi connectivity index (χ4n) is 1.67. The average Bonchev–Trinajstić information content (AvgIpc) is 2.64. The van der Waals surface area contributed by atoms with Crippen LogP contribution in [0.1, 0.15) is 26.2 Å². The minimum atomic E-state index is -5.19. The van der Waals surface area contributed by atoms with E-state index in [1.165, 1.54) is 5.32 Å². The van der Waals surface area contributed by atoms with Crippen molar-refractivity contribution in [2.75, 3.05) is 6.54 Å². The SMILES string of the molecule is CC(NC(=O)CCN1C(=O)CCC1=O)(C(=O)O)C(F)(F)F. The summed E-state index contributed by atoms with van der Waals surface area (Å²) in [5, 5.41) is 10.0. The van der Waals surface area contributed by atoms with E-state index in [1.54, 1.807) is 0 Å². The second-order valence-electron chi connectivity index (χ2n) is 4.67. The van der Waals surface area contributed by atoms with Crippen molar-refractivity contribution >= 4 is 23.7 Å². The Balaban J connectivity index is 2.66. The van der Waals surface area contributed by atoms with Crippen LogP contribution in [-0.4, -0.2) is 52.0 Å². The Bertz CT molecular complexity index is 475. The molecule has 0 aliphatic carbocycles. The maximum atomic E-state index is 12.7. The second kappa shape index (κ2) is 5.70. The van der Waals surface area contributed by atoms with Crippen LogP contribution in [-0.2, 0) is 19.2 Å². The summed E-state index contributed by atoms with van der Waals surface area (Å²) in [5.41, 5.74) is -3.43. The summed E-state index contributed by atoms with van der Waals surface area (Å²) in [6.07, 6.45) is -5.80. The standard InChI is InChI=1S/C11H13F3N2O5/c1-10(9(20)21,11(12,13)14)15-6(17)4-5-16-7(18)2-3-8(16)19/h2-5H2,1H3,(H,15,17)(H,20,21). The van der Waals surface area contributed by atoms with Crippen LogP contribution in [0.5, 0.6) is 0 Å². The third kappa shape index (κ3) is 3.50. The minimum absolute atomic E-state index is 0.00412. The Morgan fingerprint density at radius 1 is 1.24 bits per heavy atom. The molecule has 1 atom stereocenters. The number of alkyl halides is 3. The van der Waals surface area contributed by atoms with Gasteiger partial charge in [0.25, 0.3) is 0 Å². The molecule has 1 saturated heterocycles. The van der Waals surface area contributed by atoms with E-state index in [0.717, 1.165) is 4.90 Å². The predicted molar refractivity (Wildman–Crippen MR) is 60.8 cm³/mol. The van der Waals surface area contributed by atoms with Gasteiger partial charge >= 0.3 is 12.1 Å². The lowest BCUT2D eigenvalue weighted by molar-refractivity contribution is -0.207. The number of carbonyl (C=O) groups is 4. The van der Waals surface area contributed by atoms with Gasteiger partial charge in [0.1, 0.15) is 0 Å². The van der Waals surface area contributed by atoms with Gasteiger partial charge in [-0.15, -0.1) is 0 Å². The van der Waals surface area contributed by atoms with Crippen LogP contribution in [0.4, 0.5) is 13.2 Å². The van der Waals surface area contributed by atoms with E-state index in [0.29, 0.717) is 6.92 Å². The third-order valence-corrected chi connectivity index (χ3v) is 3.10. The molecule has 0 saturated carbocycles. The summed E-state index contributed by atoms with van der Waals surface area (Å²) in [5.74, 6) is -4.49. The summed E-state index contributed by atoms with van der Waals surface area (Å²) >= 11 is 0. The second-order valence-corrected chi connectivity index (χ2v) is 4.67. The lowest BCUT2D eigenvalue weighted by Gasteiger charge is -2.28. The van der Waals surface area contributed by atoms with Crippen LogP contribution < -0.4 is 5.32 Å². The molecular formula is C11H13F3N2O5. The van der Waals surface area contributed by atoms with Gasteiger partial charge in [-0.25, -0.2) is 4.79 Å². The number of nitrogens with one attached hydrogen (secondary N) is 1. The Kier molecular flexibility index (Phi) is 4.59. The van der Waals surface area contributed by atoms with Crippen molar-refractivity contribution < 1.29 is 37.5 Å². The van der Waals surface area contributed by atoms with Crippen molar-refractivity contribution in [3.05, 3.63) is 0 Å². The molecule has 0 bridgehead atoms. The van der Waals surface area contributed by atoms with Crippen molar-refractivity contribution in [1.82, 2.24) is 10.2 Å². The zero-order chi connectivity index (χ0) is 16.4. The topological polar surface area (TPSA) is 104 Å². The molecule has 0 aromatic carbocycles. The van der Waals surface area contributed by atoms with E-state index in [-0.39, 0.29) is 19.4 Å². The molecule has 118 valence electrons. The number of carbonyl (C=O) groups excluding carboxylic acids is 3. The van der Waals surface area contributed by atoms with Gasteiger partial charge in [-0.05, 0) is 6.92 Å². The molecule has 1 unspecified atom stereocenters. The van der Waals surface area contributed by atoms with Crippen molar-refractivity contribution in [2.45, 2.75) is 37.9 Å². The molecule has 0 spiro atoms. The summed E-state index contributed by atoms with van der Waals surface area (Å²) in [4.78, 5) is 45.4. The summed E-state index contributed by atoms with van der Waals surface area (Å²) in [6, 6.07) is 0. The average molecular weight is 310 g/mol. The maximum Gasteiger partial charge on any atom is 0.422 e. The largest absolute Gasteiger partial charge is 0.479 e. The molecule has 2 N–H and O–H groups in total. The number of amides is 3. The van der Waals surface area contributed by atoms with Gasteiger partial charge in [0, 0.05) is 25.8 Å². The zero-order valence-corrected chi connectivity index (χ0v) is 11.0. The van der Waals surface area contributed by atoms with Crippen molar-refractivity contribution in [3.8, 4) is 0 Å². The number of halogens is 3. The molecule has 1 aliphatic heterocycles.